The van der Waals surface area contributed by atoms with Crippen LogP contribution in [-0.2, 0) is 4.79 Å². The van der Waals surface area contributed by atoms with Crippen molar-refractivity contribution in [3.05, 3.63) is 29.8 Å². The molecule has 0 saturated heterocycles. The maximum absolute atomic E-state index is 12.7. The third kappa shape index (κ3) is 2.91. The average Bonchev–Trinajstić information content (AvgIpc) is 2.52. The van der Waals surface area contributed by atoms with Gasteiger partial charge in [0.05, 0.1) is 5.92 Å². The predicted molar refractivity (Wildman–Crippen MR) is 83.3 cm³/mol. The van der Waals surface area contributed by atoms with Gasteiger partial charge >= 0.3 is 0 Å². The summed E-state index contributed by atoms with van der Waals surface area (Å²) < 4.78 is 0. The number of anilines is 1. The van der Waals surface area contributed by atoms with Crippen molar-refractivity contribution in [3.63, 3.8) is 0 Å². The fourth-order valence-electron chi connectivity index (χ4n) is 3.80. The second-order valence-corrected chi connectivity index (χ2v) is 6.13. The molecule has 1 amide bonds. The van der Waals surface area contributed by atoms with Gasteiger partial charge in [-0.05, 0) is 36.8 Å². The first-order chi connectivity index (χ1) is 10.3. The van der Waals surface area contributed by atoms with Crippen molar-refractivity contribution < 1.29 is 9.90 Å². The zero-order valence-electron chi connectivity index (χ0n) is 12.3. The van der Waals surface area contributed by atoms with Crippen molar-refractivity contribution in [2.75, 3.05) is 18.5 Å². The maximum atomic E-state index is 12.7. The van der Waals surface area contributed by atoms with Gasteiger partial charge in [-0.2, -0.15) is 0 Å². The molecule has 0 aromatic heterocycles. The highest BCUT2D eigenvalue weighted by Gasteiger charge is 2.41. The van der Waals surface area contributed by atoms with E-state index >= 15 is 0 Å². The minimum atomic E-state index is -0.0496. The lowest BCUT2D eigenvalue weighted by molar-refractivity contribution is -0.124. The number of carbonyl (C=O) groups is 1. The van der Waals surface area contributed by atoms with E-state index in [9.17, 15) is 4.79 Å². The first-order valence-electron chi connectivity index (χ1n) is 8.05. The molecule has 4 heteroatoms. The molecule has 3 rings (SSSR count). The van der Waals surface area contributed by atoms with Crippen molar-refractivity contribution in [2.24, 2.45) is 5.92 Å². The summed E-state index contributed by atoms with van der Waals surface area (Å²) in [6.07, 6.45) is 5.34. The molecule has 2 aliphatic rings. The minimum absolute atomic E-state index is 0.0496. The van der Waals surface area contributed by atoms with E-state index < -0.39 is 0 Å². The molecule has 0 bridgehead atoms. The van der Waals surface area contributed by atoms with Gasteiger partial charge in [-0.15, -0.1) is 0 Å². The summed E-state index contributed by atoms with van der Waals surface area (Å²) >= 11 is 0. The summed E-state index contributed by atoms with van der Waals surface area (Å²) in [5.74, 6) is 0.462. The molecule has 1 aromatic rings. The molecule has 1 fully saturated rings. The van der Waals surface area contributed by atoms with Crippen LogP contribution in [0.2, 0.25) is 0 Å². The number of rotatable bonds is 4. The number of aliphatic hydroxyl groups is 1. The van der Waals surface area contributed by atoms with Gasteiger partial charge in [-0.3, -0.25) is 4.79 Å². The Morgan fingerprint density at radius 1 is 1.29 bits per heavy atom. The Bertz CT molecular complexity index is 503. The van der Waals surface area contributed by atoms with E-state index in [2.05, 4.69) is 22.8 Å². The number of amides is 1. The van der Waals surface area contributed by atoms with E-state index in [0.29, 0.717) is 24.9 Å². The zero-order valence-corrected chi connectivity index (χ0v) is 12.3. The summed E-state index contributed by atoms with van der Waals surface area (Å²) in [6.45, 7) is 0.675. The Morgan fingerprint density at radius 3 is 2.95 bits per heavy atom. The molecule has 0 spiro atoms. The Morgan fingerprint density at radius 2 is 2.10 bits per heavy atom. The predicted octanol–water partition coefficient (Wildman–Crippen LogP) is 2.25. The first kappa shape index (κ1) is 14.4. The quantitative estimate of drug-likeness (QED) is 0.745. The molecule has 21 heavy (non-hydrogen) atoms. The molecule has 1 aliphatic heterocycles. The van der Waals surface area contributed by atoms with Gasteiger partial charge in [0.25, 0.3) is 0 Å². The number of carbonyl (C=O) groups excluding carboxylic acids is 1. The van der Waals surface area contributed by atoms with E-state index in [0.717, 1.165) is 24.1 Å². The zero-order chi connectivity index (χ0) is 14.7. The standard InChI is InChI=1S/C17H24N2O2/c20-11-5-10-18-17(21)16-12-6-1-3-8-14(12)19-15-9-4-2-7-13(15)16/h1,3,6,8,13,15-16,19-20H,2,4-5,7,9-11H2,(H,18,21). The molecule has 114 valence electrons. The number of hydrogen-bond acceptors (Lipinski definition) is 3. The third-order valence-corrected chi connectivity index (χ3v) is 4.80. The number of hydrogen-bond donors (Lipinski definition) is 3. The number of benzene rings is 1. The Labute approximate surface area is 125 Å². The van der Waals surface area contributed by atoms with E-state index in [1.165, 1.54) is 12.8 Å². The number of nitrogens with one attached hydrogen (secondary N) is 2. The highest BCUT2D eigenvalue weighted by molar-refractivity contribution is 5.87. The van der Waals surface area contributed by atoms with Crippen LogP contribution in [0.25, 0.3) is 0 Å². The fourth-order valence-corrected chi connectivity index (χ4v) is 3.80. The van der Waals surface area contributed by atoms with Crippen LogP contribution < -0.4 is 10.6 Å². The minimum Gasteiger partial charge on any atom is -0.396 e. The third-order valence-electron chi connectivity index (χ3n) is 4.80. The fraction of sp³-hybridized carbons (Fsp3) is 0.588. The van der Waals surface area contributed by atoms with Gasteiger partial charge in [-0.25, -0.2) is 0 Å². The molecule has 4 nitrogen and oxygen atoms in total. The van der Waals surface area contributed by atoms with Crippen LogP contribution in [0, 0.1) is 5.92 Å². The molecule has 0 radical (unpaired) electrons. The van der Waals surface area contributed by atoms with Crippen molar-refractivity contribution in [1.29, 1.82) is 0 Å². The maximum Gasteiger partial charge on any atom is 0.227 e. The van der Waals surface area contributed by atoms with Crippen LogP contribution >= 0.6 is 0 Å². The summed E-state index contributed by atoms with van der Waals surface area (Å²) in [6, 6.07) is 8.60. The van der Waals surface area contributed by atoms with Crippen LogP contribution in [0.4, 0.5) is 5.69 Å². The smallest absolute Gasteiger partial charge is 0.227 e. The number of aliphatic hydroxyl groups excluding tert-OH is 1. The molecule has 1 aromatic carbocycles. The van der Waals surface area contributed by atoms with Gasteiger partial charge in [0.2, 0.25) is 5.91 Å². The number of fused-ring (bicyclic) bond motifs is 2. The van der Waals surface area contributed by atoms with Gasteiger partial charge in [0, 0.05) is 24.9 Å². The van der Waals surface area contributed by atoms with Crippen molar-refractivity contribution >= 4 is 11.6 Å². The van der Waals surface area contributed by atoms with Gasteiger partial charge < -0.3 is 15.7 Å². The van der Waals surface area contributed by atoms with Crippen molar-refractivity contribution in [3.8, 4) is 0 Å². The van der Waals surface area contributed by atoms with E-state index in [1.807, 2.05) is 12.1 Å². The highest BCUT2D eigenvalue weighted by Crippen LogP contribution is 2.44. The second-order valence-electron chi connectivity index (χ2n) is 6.13. The SMILES string of the molecule is O=C(NCCCO)C1c2ccccc2NC2CCCCC21. The Balaban J connectivity index is 1.85. The molecule has 3 atom stereocenters. The van der Waals surface area contributed by atoms with Crippen molar-refractivity contribution in [2.45, 2.75) is 44.1 Å². The van der Waals surface area contributed by atoms with Crippen LogP contribution in [0.1, 0.15) is 43.6 Å². The van der Waals surface area contributed by atoms with Gasteiger partial charge in [0.1, 0.15) is 0 Å². The summed E-state index contributed by atoms with van der Waals surface area (Å²) in [4.78, 5) is 12.7. The topological polar surface area (TPSA) is 61.4 Å². The van der Waals surface area contributed by atoms with Crippen LogP contribution in [-0.4, -0.2) is 30.2 Å². The summed E-state index contributed by atoms with van der Waals surface area (Å²) in [7, 11) is 0. The Kier molecular flexibility index (Phi) is 4.44. The Hall–Kier alpha value is -1.55. The van der Waals surface area contributed by atoms with Gasteiger partial charge in [-0.1, -0.05) is 31.0 Å². The normalized spacial score (nSPS) is 27.2. The summed E-state index contributed by atoms with van der Waals surface area (Å²) in [5, 5.41) is 15.5. The van der Waals surface area contributed by atoms with E-state index in [1.54, 1.807) is 0 Å². The lowest BCUT2D eigenvalue weighted by Crippen LogP contribution is -2.46. The molecule has 3 unspecified atom stereocenters. The van der Waals surface area contributed by atoms with Gasteiger partial charge in [0.15, 0.2) is 0 Å². The van der Waals surface area contributed by atoms with Crippen molar-refractivity contribution in [1.82, 2.24) is 5.32 Å². The van der Waals surface area contributed by atoms with Crippen LogP contribution in [0.15, 0.2) is 24.3 Å². The molecule has 1 aliphatic carbocycles. The molecule has 1 saturated carbocycles. The number of para-hydroxylation sites is 1. The molecule has 3 N–H and O–H groups in total. The second kappa shape index (κ2) is 6.48. The molecule has 1 heterocycles. The first-order valence-corrected chi connectivity index (χ1v) is 8.05. The van der Waals surface area contributed by atoms with Crippen LogP contribution in [0.5, 0.6) is 0 Å². The highest BCUT2D eigenvalue weighted by atomic mass is 16.3. The lowest BCUT2D eigenvalue weighted by atomic mass is 9.70. The molecular weight excluding hydrogens is 264 g/mol. The lowest BCUT2D eigenvalue weighted by Gasteiger charge is -2.42. The van der Waals surface area contributed by atoms with E-state index in [4.69, 9.17) is 5.11 Å². The summed E-state index contributed by atoms with van der Waals surface area (Å²) in [5.41, 5.74) is 2.24. The molecular formula is C17H24N2O2. The average molecular weight is 288 g/mol. The largest absolute Gasteiger partial charge is 0.396 e. The monoisotopic (exact) mass is 288 g/mol. The van der Waals surface area contributed by atoms with Crippen LogP contribution in [0.3, 0.4) is 0 Å². The van der Waals surface area contributed by atoms with E-state index in [-0.39, 0.29) is 18.4 Å².